The number of carbonyl (C=O) groups excluding carboxylic acids is 2. The summed E-state index contributed by atoms with van der Waals surface area (Å²) in [5, 5.41) is 6.67. The van der Waals surface area contributed by atoms with Gasteiger partial charge in [0.05, 0.1) is 7.11 Å². The summed E-state index contributed by atoms with van der Waals surface area (Å²) in [6.07, 6.45) is 7.43. The number of hydrogen-bond donors (Lipinski definition) is 0. The minimum Gasteiger partial charge on any atom is -0.664 e. The predicted octanol–water partition coefficient (Wildman–Crippen LogP) is 2.79. The molecule has 8 bridgehead atoms. The number of aromatic nitrogens is 3. The van der Waals surface area contributed by atoms with Crippen molar-refractivity contribution in [1.82, 2.24) is 15.0 Å². The predicted molar refractivity (Wildman–Crippen MR) is 147 cm³/mol. The van der Waals surface area contributed by atoms with Crippen molar-refractivity contribution < 1.29 is 14.3 Å². The molecule has 1 aliphatic carbocycles. The van der Waals surface area contributed by atoms with Gasteiger partial charge in [-0.3, -0.25) is 9.59 Å². The molecule has 0 N–H and O–H groups in total. The summed E-state index contributed by atoms with van der Waals surface area (Å²) in [5.41, 5.74) is 9.67. The van der Waals surface area contributed by atoms with E-state index in [-0.39, 0.29) is 34.8 Å². The summed E-state index contributed by atoms with van der Waals surface area (Å²) < 4.78 is 5.06. The zero-order valence-corrected chi connectivity index (χ0v) is 24.0. The van der Waals surface area contributed by atoms with E-state index in [1.807, 2.05) is 32.1 Å². The molecule has 0 spiro atoms. The Kier molecular flexibility index (Phi) is 6.60. The van der Waals surface area contributed by atoms with Gasteiger partial charge in [0.15, 0.2) is 5.78 Å². The third kappa shape index (κ3) is 3.84. The number of ether oxygens (including phenoxy) is 1. The molecule has 3 aromatic heterocycles. The molecular formula is C30H28MgN4O3-2. The first-order chi connectivity index (χ1) is 17.7. The normalized spacial score (nSPS) is 24.5. The van der Waals surface area contributed by atoms with Gasteiger partial charge in [-0.2, -0.15) is 11.4 Å². The van der Waals surface area contributed by atoms with E-state index in [4.69, 9.17) is 25.0 Å². The zero-order valence-electron chi connectivity index (χ0n) is 22.6. The Hall–Kier alpha value is -3.23. The average molecular weight is 517 g/mol. The van der Waals surface area contributed by atoms with Crippen molar-refractivity contribution in [2.24, 2.45) is 11.8 Å². The molecule has 1 fully saturated rings. The molecule has 0 saturated carbocycles. The molecule has 6 rings (SSSR count). The second-order valence-corrected chi connectivity index (χ2v) is 10.2. The van der Waals surface area contributed by atoms with Crippen LogP contribution >= 0.6 is 0 Å². The SMILES string of the molecule is CCc1c(C)/c2[n-]/c1=C\c1[n-]c3c(c1C)C(=O)[C@H](C(=O)OC)/C3=C1\C[C@H](C)/C(=C/c3[n-]c(cc3C)\C=2)[N-]1.[Mg+2]. The molecule has 3 aromatic rings. The van der Waals surface area contributed by atoms with Crippen molar-refractivity contribution >= 4 is 58.6 Å². The van der Waals surface area contributed by atoms with Crippen molar-refractivity contribution in [1.29, 1.82) is 0 Å². The molecule has 1 saturated heterocycles. The fourth-order valence-corrected chi connectivity index (χ4v) is 5.83. The second-order valence-electron chi connectivity index (χ2n) is 10.2. The van der Waals surface area contributed by atoms with E-state index in [0.29, 0.717) is 34.6 Å². The van der Waals surface area contributed by atoms with Crippen molar-refractivity contribution in [3.8, 4) is 0 Å². The number of carbonyl (C=O) groups is 2. The Bertz CT molecular complexity index is 1690. The number of hydrogen-bond acceptors (Lipinski definition) is 3. The zero-order chi connectivity index (χ0) is 26.2. The number of allylic oxidation sites excluding steroid dienone is 2. The van der Waals surface area contributed by atoms with E-state index in [1.165, 1.54) is 7.11 Å². The number of aryl methyl sites for hydroxylation is 1. The Morgan fingerprint density at radius 1 is 1.03 bits per heavy atom. The van der Waals surface area contributed by atoms with Crippen LogP contribution in [-0.4, -0.2) is 41.9 Å². The van der Waals surface area contributed by atoms with Gasteiger partial charge in [-0.15, -0.1) is 33.5 Å². The van der Waals surface area contributed by atoms with Gasteiger partial charge < -0.3 is 25.0 Å². The molecule has 38 heavy (non-hydrogen) atoms. The fraction of sp³-hybridized carbons (Fsp3) is 0.333. The van der Waals surface area contributed by atoms with Crippen molar-refractivity contribution in [3.63, 3.8) is 0 Å². The number of esters is 1. The molecule has 0 radical (unpaired) electrons. The van der Waals surface area contributed by atoms with Gasteiger partial charge in [0, 0.05) is 5.56 Å². The summed E-state index contributed by atoms with van der Waals surface area (Å²) in [6, 6.07) is 2.07. The first-order valence-electron chi connectivity index (χ1n) is 12.7. The molecule has 0 aromatic carbocycles. The first kappa shape index (κ1) is 26.4. The Morgan fingerprint density at radius 2 is 1.79 bits per heavy atom. The Balaban J connectivity index is 0.00000294. The number of Topliss-reactive ketones (excluding diaryl/α,β-unsaturated/α-hetero) is 1. The van der Waals surface area contributed by atoms with Crippen LogP contribution in [0, 0.1) is 32.6 Å². The van der Waals surface area contributed by atoms with Gasteiger partial charge in [-0.1, -0.05) is 66.0 Å². The van der Waals surface area contributed by atoms with Gasteiger partial charge in [0.2, 0.25) is 0 Å². The molecule has 5 heterocycles. The quantitative estimate of drug-likeness (QED) is 0.295. The maximum atomic E-state index is 13.6. The first-order valence-corrected chi connectivity index (χ1v) is 12.7. The molecule has 7 nitrogen and oxygen atoms in total. The van der Waals surface area contributed by atoms with E-state index in [2.05, 4.69) is 26.8 Å². The minimum atomic E-state index is -1.04. The van der Waals surface area contributed by atoms with Crippen LogP contribution in [0.5, 0.6) is 0 Å². The van der Waals surface area contributed by atoms with Gasteiger partial charge in [0.25, 0.3) is 0 Å². The smallest absolute Gasteiger partial charge is 0.664 e. The van der Waals surface area contributed by atoms with Gasteiger partial charge in [-0.05, 0) is 39.5 Å². The maximum Gasteiger partial charge on any atom is 2.00 e. The Labute approximate surface area is 237 Å². The van der Waals surface area contributed by atoms with Crippen molar-refractivity contribution in [3.05, 3.63) is 84.1 Å². The number of nitrogens with zero attached hydrogens (tertiary/aromatic N) is 4. The van der Waals surface area contributed by atoms with Crippen LogP contribution in [-0.2, 0) is 16.0 Å². The molecule has 0 amide bonds. The van der Waals surface area contributed by atoms with Crippen LogP contribution in [0.4, 0.5) is 0 Å². The molecule has 8 heteroatoms. The van der Waals surface area contributed by atoms with Crippen LogP contribution in [0.3, 0.4) is 0 Å². The molecule has 3 aliphatic rings. The van der Waals surface area contributed by atoms with Crippen LogP contribution in [0.1, 0.15) is 75.7 Å². The second kappa shape index (κ2) is 9.50. The average Bonchev–Trinajstić information content (AvgIpc) is 3.62. The van der Waals surface area contributed by atoms with E-state index in [0.717, 1.165) is 56.5 Å². The van der Waals surface area contributed by atoms with Gasteiger partial charge >= 0.3 is 29.0 Å². The van der Waals surface area contributed by atoms with Gasteiger partial charge in [-0.25, -0.2) is 0 Å². The van der Waals surface area contributed by atoms with Crippen LogP contribution in [0.2, 0.25) is 0 Å². The van der Waals surface area contributed by atoms with Crippen LogP contribution in [0.25, 0.3) is 29.1 Å². The van der Waals surface area contributed by atoms with Crippen molar-refractivity contribution in [2.45, 2.75) is 47.5 Å². The standard InChI is InChI=1S/C30H29N4O3.Mg/c1-7-18-15(4)21-10-17-8-13(2)19(31-17)11-20-14(3)9-24(32-20)26-27(30(36)37-6)29(35)25-16(5)22(34-28(25)26)12-23(18)33-21;/h8,10-12,14,27H,7,9H2,1-6H3,(H-,32,34,35);/q-3;+2/p-1/b20-11-,21-10-,23-12-;/t14-,27+;/m0./s1. The molecular weight excluding hydrogens is 489 g/mol. The van der Waals surface area contributed by atoms with E-state index in [9.17, 15) is 9.59 Å². The van der Waals surface area contributed by atoms with E-state index in [1.54, 1.807) is 0 Å². The number of methoxy groups -OCH3 is 1. The van der Waals surface area contributed by atoms with Crippen LogP contribution in [0.15, 0.2) is 17.5 Å². The topological polar surface area (TPSA) is 99.8 Å². The maximum absolute atomic E-state index is 13.6. The monoisotopic (exact) mass is 516 g/mol. The van der Waals surface area contributed by atoms with E-state index >= 15 is 0 Å². The third-order valence-corrected chi connectivity index (χ3v) is 7.90. The molecule has 0 unspecified atom stereocenters. The number of rotatable bonds is 2. The van der Waals surface area contributed by atoms with Crippen LogP contribution < -0.4 is 25.7 Å². The van der Waals surface area contributed by atoms with Gasteiger partial charge in [0.1, 0.15) is 5.92 Å². The molecule has 2 atom stereocenters. The number of fused-ring (bicyclic) bond motifs is 7. The van der Waals surface area contributed by atoms with E-state index < -0.39 is 11.9 Å². The summed E-state index contributed by atoms with van der Waals surface area (Å²) in [4.78, 5) is 41.2. The summed E-state index contributed by atoms with van der Waals surface area (Å²) in [5.74, 6) is -1.79. The summed E-state index contributed by atoms with van der Waals surface area (Å²) in [7, 11) is 1.31. The summed E-state index contributed by atoms with van der Waals surface area (Å²) in [6.45, 7) is 10.2. The molecule has 2 aliphatic heterocycles. The number of ketones is 1. The largest absolute Gasteiger partial charge is 2.00 e. The minimum absolute atomic E-state index is 0. The molecule has 190 valence electrons. The van der Waals surface area contributed by atoms with Crippen molar-refractivity contribution in [2.75, 3.05) is 7.11 Å². The Morgan fingerprint density at radius 3 is 2.50 bits per heavy atom. The fourth-order valence-electron chi connectivity index (χ4n) is 5.83. The third-order valence-electron chi connectivity index (χ3n) is 7.90. The summed E-state index contributed by atoms with van der Waals surface area (Å²) >= 11 is 0.